The van der Waals surface area contributed by atoms with Crippen LogP contribution in [-0.2, 0) is 9.78 Å². The Morgan fingerprint density at radius 3 is 2.56 bits per heavy atom. The van der Waals surface area contributed by atoms with Crippen molar-refractivity contribution in [3.8, 4) is 0 Å². The van der Waals surface area contributed by atoms with E-state index >= 15 is 0 Å². The summed E-state index contributed by atoms with van der Waals surface area (Å²) in [7, 11) is 0. The third-order valence-electron chi connectivity index (χ3n) is 1.66. The predicted molar refractivity (Wildman–Crippen MR) is 34.9 cm³/mol. The Balaban J connectivity index is 1.98. The second-order valence-electron chi connectivity index (χ2n) is 2.58. The van der Waals surface area contributed by atoms with E-state index in [0.29, 0.717) is 5.92 Å². The standard InChI is InChI=1S/C7H14O2/c1-2-3-4-7-5-8-9-6-7/h7H,2-6H2,1H3. The van der Waals surface area contributed by atoms with Gasteiger partial charge in [0.25, 0.3) is 0 Å². The van der Waals surface area contributed by atoms with Gasteiger partial charge in [-0.15, -0.1) is 0 Å². The highest BCUT2D eigenvalue weighted by Gasteiger charge is 2.15. The first kappa shape index (κ1) is 7.03. The second kappa shape index (κ2) is 3.85. The minimum absolute atomic E-state index is 0.671. The van der Waals surface area contributed by atoms with E-state index in [4.69, 9.17) is 9.78 Å². The molecule has 0 saturated carbocycles. The quantitative estimate of drug-likeness (QED) is 0.542. The summed E-state index contributed by atoms with van der Waals surface area (Å²) in [4.78, 5) is 9.51. The molecule has 0 aromatic heterocycles. The summed E-state index contributed by atoms with van der Waals surface area (Å²) >= 11 is 0. The highest BCUT2D eigenvalue weighted by molar-refractivity contribution is 4.58. The zero-order valence-corrected chi connectivity index (χ0v) is 5.93. The minimum atomic E-state index is 0.671. The van der Waals surface area contributed by atoms with Gasteiger partial charge in [0.05, 0.1) is 13.2 Å². The van der Waals surface area contributed by atoms with Crippen molar-refractivity contribution < 1.29 is 9.78 Å². The van der Waals surface area contributed by atoms with E-state index in [0.717, 1.165) is 13.2 Å². The van der Waals surface area contributed by atoms with E-state index < -0.39 is 0 Å². The van der Waals surface area contributed by atoms with Crippen molar-refractivity contribution in [2.45, 2.75) is 26.2 Å². The van der Waals surface area contributed by atoms with Crippen molar-refractivity contribution in [1.82, 2.24) is 0 Å². The van der Waals surface area contributed by atoms with Crippen molar-refractivity contribution in [2.24, 2.45) is 5.92 Å². The first-order chi connectivity index (χ1) is 4.43. The third kappa shape index (κ3) is 2.33. The molecule has 0 aromatic carbocycles. The molecule has 0 unspecified atom stereocenters. The molecule has 9 heavy (non-hydrogen) atoms. The van der Waals surface area contributed by atoms with Gasteiger partial charge >= 0.3 is 0 Å². The summed E-state index contributed by atoms with van der Waals surface area (Å²) in [5.41, 5.74) is 0. The topological polar surface area (TPSA) is 18.5 Å². The van der Waals surface area contributed by atoms with Gasteiger partial charge in [0.2, 0.25) is 0 Å². The highest BCUT2D eigenvalue weighted by atomic mass is 17.2. The van der Waals surface area contributed by atoms with Crippen LogP contribution in [0.3, 0.4) is 0 Å². The Bertz CT molecular complexity index is 67.3. The summed E-state index contributed by atoms with van der Waals surface area (Å²) in [6.45, 7) is 3.82. The van der Waals surface area contributed by atoms with Crippen LogP contribution in [0.1, 0.15) is 26.2 Å². The number of hydrogen-bond acceptors (Lipinski definition) is 2. The number of unbranched alkanes of at least 4 members (excludes halogenated alkanes) is 1. The second-order valence-corrected chi connectivity index (χ2v) is 2.58. The molecule has 2 heteroatoms. The van der Waals surface area contributed by atoms with Crippen LogP contribution in [0.5, 0.6) is 0 Å². The molecule has 0 aromatic rings. The van der Waals surface area contributed by atoms with Gasteiger partial charge in [-0.25, -0.2) is 9.78 Å². The van der Waals surface area contributed by atoms with E-state index in [1.807, 2.05) is 0 Å². The molecule has 0 amide bonds. The molecular formula is C7H14O2. The van der Waals surface area contributed by atoms with Crippen molar-refractivity contribution in [3.05, 3.63) is 0 Å². The lowest BCUT2D eigenvalue weighted by molar-refractivity contribution is -0.248. The summed E-state index contributed by atoms with van der Waals surface area (Å²) in [6, 6.07) is 0. The van der Waals surface area contributed by atoms with Crippen molar-refractivity contribution >= 4 is 0 Å². The zero-order valence-electron chi connectivity index (χ0n) is 5.93. The lowest BCUT2D eigenvalue weighted by Gasteiger charge is -2.00. The maximum Gasteiger partial charge on any atom is 0.0873 e. The molecule has 0 aliphatic carbocycles. The van der Waals surface area contributed by atoms with Gasteiger partial charge in [-0.1, -0.05) is 19.8 Å². The minimum Gasteiger partial charge on any atom is -0.236 e. The fourth-order valence-electron chi connectivity index (χ4n) is 0.996. The zero-order chi connectivity index (χ0) is 6.53. The smallest absolute Gasteiger partial charge is 0.0873 e. The Hall–Kier alpha value is -0.0800. The first-order valence-electron chi connectivity index (χ1n) is 3.68. The number of hydrogen-bond donors (Lipinski definition) is 0. The maximum absolute atomic E-state index is 4.75. The van der Waals surface area contributed by atoms with Crippen LogP contribution in [0.25, 0.3) is 0 Å². The molecule has 0 radical (unpaired) electrons. The van der Waals surface area contributed by atoms with Crippen LogP contribution in [0.15, 0.2) is 0 Å². The monoisotopic (exact) mass is 130 g/mol. The SMILES string of the molecule is CCCCC1COOC1. The van der Waals surface area contributed by atoms with E-state index in [-0.39, 0.29) is 0 Å². The largest absolute Gasteiger partial charge is 0.236 e. The average Bonchev–Trinajstić information content (AvgIpc) is 2.34. The predicted octanol–water partition coefficient (Wildman–Crippen LogP) is 1.75. The molecule has 1 fully saturated rings. The van der Waals surface area contributed by atoms with Gasteiger partial charge in [-0.3, -0.25) is 0 Å². The average molecular weight is 130 g/mol. The van der Waals surface area contributed by atoms with Gasteiger partial charge in [-0.2, -0.15) is 0 Å². The molecule has 1 rings (SSSR count). The van der Waals surface area contributed by atoms with Gasteiger partial charge in [-0.05, 0) is 6.42 Å². The fraction of sp³-hybridized carbons (Fsp3) is 1.00. The lowest BCUT2D eigenvalue weighted by atomic mass is 10.1. The molecule has 0 atom stereocenters. The molecule has 1 aliphatic rings. The molecule has 0 N–H and O–H groups in total. The number of rotatable bonds is 3. The van der Waals surface area contributed by atoms with E-state index in [2.05, 4.69) is 6.92 Å². The van der Waals surface area contributed by atoms with Crippen LogP contribution in [-0.4, -0.2) is 13.2 Å². The lowest BCUT2D eigenvalue weighted by Crippen LogP contribution is -2.01. The Morgan fingerprint density at radius 2 is 2.00 bits per heavy atom. The van der Waals surface area contributed by atoms with Gasteiger partial charge < -0.3 is 0 Å². The van der Waals surface area contributed by atoms with E-state index in [1.54, 1.807) is 0 Å². The first-order valence-corrected chi connectivity index (χ1v) is 3.68. The molecule has 1 heterocycles. The fourth-order valence-corrected chi connectivity index (χ4v) is 0.996. The maximum atomic E-state index is 4.75. The van der Waals surface area contributed by atoms with Crippen LogP contribution >= 0.6 is 0 Å². The van der Waals surface area contributed by atoms with Gasteiger partial charge in [0.1, 0.15) is 0 Å². The summed E-state index contributed by atoms with van der Waals surface area (Å²) in [5.74, 6) is 0.671. The van der Waals surface area contributed by atoms with E-state index in [9.17, 15) is 0 Å². The third-order valence-corrected chi connectivity index (χ3v) is 1.66. The molecule has 0 bridgehead atoms. The Labute approximate surface area is 56.1 Å². The van der Waals surface area contributed by atoms with E-state index in [1.165, 1.54) is 19.3 Å². The summed E-state index contributed by atoms with van der Waals surface area (Å²) < 4.78 is 0. The van der Waals surface area contributed by atoms with Gasteiger partial charge in [0.15, 0.2) is 0 Å². The normalized spacial score (nSPS) is 21.0. The van der Waals surface area contributed by atoms with Gasteiger partial charge in [0, 0.05) is 5.92 Å². The van der Waals surface area contributed by atoms with Crippen LogP contribution in [0, 0.1) is 5.92 Å². The molecule has 54 valence electrons. The molecule has 2 nitrogen and oxygen atoms in total. The molecule has 1 saturated heterocycles. The molecular weight excluding hydrogens is 116 g/mol. The van der Waals surface area contributed by atoms with Crippen LogP contribution < -0.4 is 0 Å². The highest BCUT2D eigenvalue weighted by Crippen LogP contribution is 2.14. The summed E-state index contributed by atoms with van der Waals surface area (Å²) in [5, 5.41) is 0. The Kier molecular flexibility index (Phi) is 3.01. The summed E-state index contributed by atoms with van der Waals surface area (Å²) in [6.07, 6.45) is 3.84. The molecule has 0 spiro atoms. The van der Waals surface area contributed by atoms with Crippen LogP contribution in [0.4, 0.5) is 0 Å². The van der Waals surface area contributed by atoms with Crippen molar-refractivity contribution in [3.63, 3.8) is 0 Å². The van der Waals surface area contributed by atoms with Crippen molar-refractivity contribution in [2.75, 3.05) is 13.2 Å². The Morgan fingerprint density at radius 1 is 1.33 bits per heavy atom. The molecule has 1 aliphatic heterocycles. The van der Waals surface area contributed by atoms with Crippen molar-refractivity contribution in [1.29, 1.82) is 0 Å². The van der Waals surface area contributed by atoms with Crippen LogP contribution in [0.2, 0.25) is 0 Å².